The van der Waals surface area contributed by atoms with E-state index in [0.717, 1.165) is 24.7 Å². The third-order valence-electron chi connectivity index (χ3n) is 5.76. The van der Waals surface area contributed by atoms with Gasteiger partial charge in [0.05, 0.1) is 5.41 Å². The van der Waals surface area contributed by atoms with Gasteiger partial charge < -0.3 is 10.8 Å². The fourth-order valence-corrected chi connectivity index (χ4v) is 4.51. The molecule has 0 saturated heterocycles. The summed E-state index contributed by atoms with van der Waals surface area (Å²) in [5.41, 5.74) is 5.27. The number of carboxylic acid groups (broad SMARTS) is 1. The molecular formula is C15H25NO2. The van der Waals surface area contributed by atoms with E-state index in [-0.39, 0.29) is 0 Å². The van der Waals surface area contributed by atoms with Gasteiger partial charge in [-0.15, -0.1) is 0 Å². The van der Waals surface area contributed by atoms with E-state index >= 15 is 0 Å². The molecule has 2 bridgehead atoms. The molecule has 3 fully saturated rings. The molecule has 0 amide bonds. The second kappa shape index (κ2) is 4.52. The topological polar surface area (TPSA) is 63.3 Å². The summed E-state index contributed by atoms with van der Waals surface area (Å²) in [6, 6.07) is 0. The Morgan fingerprint density at radius 2 is 1.94 bits per heavy atom. The van der Waals surface area contributed by atoms with Gasteiger partial charge in [0.1, 0.15) is 0 Å². The van der Waals surface area contributed by atoms with E-state index in [0.29, 0.717) is 18.4 Å². The standard InChI is InChI=1S/C15H25NO2/c16-9-15(14(17)18,7-10-1-2-10)8-13-6-11-3-4-12(13)5-11/h10-13H,1-9,16H2,(H,17,18). The zero-order valence-electron chi connectivity index (χ0n) is 11.1. The van der Waals surface area contributed by atoms with Gasteiger partial charge in [0.15, 0.2) is 0 Å². The summed E-state index contributed by atoms with van der Waals surface area (Å²) in [5, 5.41) is 9.65. The molecule has 0 aromatic heterocycles. The highest BCUT2D eigenvalue weighted by molar-refractivity contribution is 5.75. The van der Waals surface area contributed by atoms with Crippen molar-refractivity contribution >= 4 is 5.97 Å². The van der Waals surface area contributed by atoms with Crippen LogP contribution in [0.4, 0.5) is 0 Å². The fourth-order valence-electron chi connectivity index (χ4n) is 4.51. The smallest absolute Gasteiger partial charge is 0.310 e. The van der Waals surface area contributed by atoms with Crippen molar-refractivity contribution in [1.29, 1.82) is 0 Å². The number of aliphatic carboxylic acids is 1. The number of carbonyl (C=O) groups is 1. The average Bonchev–Trinajstić information content (AvgIpc) is 2.91. The van der Waals surface area contributed by atoms with Crippen LogP contribution in [0, 0.1) is 29.1 Å². The number of nitrogens with two attached hydrogens (primary N) is 1. The third kappa shape index (κ3) is 2.18. The molecule has 4 atom stereocenters. The molecule has 3 heteroatoms. The normalized spacial score (nSPS) is 37.7. The molecule has 4 unspecified atom stereocenters. The van der Waals surface area contributed by atoms with Crippen molar-refractivity contribution in [3.05, 3.63) is 0 Å². The molecule has 0 aromatic rings. The second-order valence-corrected chi connectivity index (χ2v) is 7.08. The van der Waals surface area contributed by atoms with Gasteiger partial charge in [0.25, 0.3) is 0 Å². The van der Waals surface area contributed by atoms with Crippen LogP contribution < -0.4 is 5.73 Å². The van der Waals surface area contributed by atoms with Gasteiger partial charge in [0.2, 0.25) is 0 Å². The van der Waals surface area contributed by atoms with Gasteiger partial charge in [0, 0.05) is 6.54 Å². The van der Waals surface area contributed by atoms with Crippen LogP contribution in [0.25, 0.3) is 0 Å². The molecule has 0 heterocycles. The minimum Gasteiger partial charge on any atom is -0.481 e. The van der Waals surface area contributed by atoms with Crippen molar-refractivity contribution in [1.82, 2.24) is 0 Å². The third-order valence-corrected chi connectivity index (χ3v) is 5.76. The van der Waals surface area contributed by atoms with E-state index in [4.69, 9.17) is 5.73 Å². The van der Waals surface area contributed by atoms with Gasteiger partial charge in [-0.05, 0) is 55.8 Å². The van der Waals surface area contributed by atoms with Crippen molar-refractivity contribution < 1.29 is 9.90 Å². The molecule has 3 nitrogen and oxygen atoms in total. The molecule has 0 spiro atoms. The maximum absolute atomic E-state index is 11.7. The highest BCUT2D eigenvalue weighted by Gasteiger charge is 2.48. The first kappa shape index (κ1) is 12.5. The van der Waals surface area contributed by atoms with Crippen LogP contribution in [0.1, 0.15) is 51.4 Å². The summed E-state index contributed by atoms with van der Waals surface area (Å²) < 4.78 is 0. The predicted octanol–water partition coefficient (Wildman–Crippen LogP) is 2.64. The maximum Gasteiger partial charge on any atom is 0.310 e. The Bertz CT molecular complexity index is 339. The van der Waals surface area contributed by atoms with Crippen LogP contribution >= 0.6 is 0 Å². The van der Waals surface area contributed by atoms with E-state index in [9.17, 15) is 9.90 Å². The van der Waals surface area contributed by atoms with E-state index < -0.39 is 11.4 Å². The molecule has 102 valence electrons. The van der Waals surface area contributed by atoms with Gasteiger partial charge in [-0.2, -0.15) is 0 Å². The van der Waals surface area contributed by atoms with E-state index in [1.165, 1.54) is 38.5 Å². The highest BCUT2D eigenvalue weighted by Crippen LogP contribution is 2.53. The van der Waals surface area contributed by atoms with Crippen molar-refractivity contribution in [2.24, 2.45) is 34.8 Å². The molecule has 0 aromatic carbocycles. The summed E-state index contributed by atoms with van der Waals surface area (Å²) in [5.74, 6) is 2.34. The molecular weight excluding hydrogens is 226 g/mol. The Balaban J connectivity index is 1.70. The van der Waals surface area contributed by atoms with Crippen LogP contribution in [-0.2, 0) is 4.79 Å². The summed E-state index contributed by atoms with van der Waals surface area (Å²) >= 11 is 0. The maximum atomic E-state index is 11.7. The number of hydrogen-bond donors (Lipinski definition) is 2. The average molecular weight is 251 g/mol. The number of carboxylic acids is 1. The van der Waals surface area contributed by atoms with Crippen LogP contribution in [-0.4, -0.2) is 17.6 Å². The van der Waals surface area contributed by atoms with Crippen molar-refractivity contribution in [2.45, 2.75) is 51.4 Å². The van der Waals surface area contributed by atoms with Crippen LogP contribution in [0.15, 0.2) is 0 Å². The molecule has 3 N–H and O–H groups in total. The summed E-state index contributed by atoms with van der Waals surface area (Å²) in [4.78, 5) is 11.7. The molecule has 18 heavy (non-hydrogen) atoms. The first-order valence-electron chi connectivity index (χ1n) is 7.56. The number of fused-ring (bicyclic) bond motifs is 2. The molecule has 3 aliphatic carbocycles. The summed E-state index contributed by atoms with van der Waals surface area (Å²) in [6.07, 6.45) is 9.44. The molecule has 0 radical (unpaired) electrons. The lowest BCUT2D eigenvalue weighted by Crippen LogP contribution is -2.41. The van der Waals surface area contributed by atoms with E-state index in [1.807, 2.05) is 0 Å². The van der Waals surface area contributed by atoms with Crippen LogP contribution in [0.5, 0.6) is 0 Å². The second-order valence-electron chi connectivity index (χ2n) is 7.08. The lowest BCUT2D eigenvalue weighted by atomic mass is 9.71. The zero-order valence-corrected chi connectivity index (χ0v) is 11.1. The van der Waals surface area contributed by atoms with Crippen LogP contribution in [0.2, 0.25) is 0 Å². The Morgan fingerprint density at radius 1 is 1.17 bits per heavy atom. The Kier molecular flexibility index (Phi) is 3.13. The van der Waals surface area contributed by atoms with Crippen molar-refractivity contribution in [3.63, 3.8) is 0 Å². The van der Waals surface area contributed by atoms with Crippen LogP contribution in [0.3, 0.4) is 0 Å². The largest absolute Gasteiger partial charge is 0.481 e. The first-order chi connectivity index (χ1) is 8.63. The number of rotatable bonds is 6. The monoisotopic (exact) mass is 251 g/mol. The van der Waals surface area contributed by atoms with E-state index in [1.54, 1.807) is 0 Å². The quantitative estimate of drug-likeness (QED) is 0.762. The Morgan fingerprint density at radius 3 is 2.39 bits per heavy atom. The minimum atomic E-state index is -0.639. The first-order valence-corrected chi connectivity index (χ1v) is 7.56. The zero-order chi connectivity index (χ0) is 12.8. The fraction of sp³-hybridized carbons (Fsp3) is 0.933. The Hall–Kier alpha value is -0.570. The van der Waals surface area contributed by atoms with Gasteiger partial charge in [-0.3, -0.25) is 4.79 Å². The van der Waals surface area contributed by atoms with Gasteiger partial charge in [-0.1, -0.05) is 19.3 Å². The number of hydrogen-bond acceptors (Lipinski definition) is 2. The molecule has 3 saturated carbocycles. The van der Waals surface area contributed by atoms with Crippen molar-refractivity contribution in [2.75, 3.05) is 6.54 Å². The van der Waals surface area contributed by atoms with Gasteiger partial charge >= 0.3 is 5.97 Å². The predicted molar refractivity (Wildman–Crippen MR) is 70.0 cm³/mol. The Labute approximate surface area is 109 Å². The highest BCUT2D eigenvalue weighted by atomic mass is 16.4. The van der Waals surface area contributed by atoms with E-state index in [2.05, 4.69) is 0 Å². The van der Waals surface area contributed by atoms with Crippen molar-refractivity contribution in [3.8, 4) is 0 Å². The van der Waals surface area contributed by atoms with Gasteiger partial charge in [-0.25, -0.2) is 0 Å². The lowest BCUT2D eigenvalue weighted by molar-refractivity contribution is -0.150. The SMILES string of the molecule is NCC(CC1CC1)(CC1CC2CCC1C2)C(=O)O. The molecule has 3 rings (SSSR count). The lowest BCUT2D eigenvalue weighted by Gasteiger charge is -2.34. The molecule has 3 aliphatic rings. The molecule has 0 aliphatic heterocycles. The summed E-state index contributed by atoms with van der Waals surface area (Å²) in [7, 11) is 0. The minimum absolute atomic E-state index is 0.326. The summed E-state index contributed by atoms with van der Waals surface area (Å²) in [6.45, 7) is 0.326.